The molecule has 35 heavy (non-hydrogen) atoms. The minimum absolute atomic E-state index is 0.0489. The van der Waals surface area contributed by atoms with Gasteiger partial charge in [-0.15, -0.1) is 0 Å². The molecule has 1 saturated carbocycles. The quantitative estimate of drug-likeness (QED) is 0.436. The average molecular weight is 605 g/mol. The van der Waals surface area contributed by atoms with Crippen molar-refractivity contribution in [3.63, 3.8) is 0 Å². The summed E-state index contributed by atoms with van der Waals surface area (Å²) in [6, 6.07) is 10.8. The van der Waals surface area contributed by atoms with Crippen molar-refractivity contribution in [3.8, 4) is 0 Å². The van der Waals surface area contributed by atoms with E-state index in [1.807, 2.05) is 0 Å². The van der Waals surface area contributed by atoms with Gasteiger partial charge in [0.25, 0.3) is 0 Å². The summed E-state index contributed by atoms with van der Waals surface area (Å²) in [4.78, 5) is 28.0. The van der Waals surface area contributed by atoms with Crippen LogP contribution in [0.1, 0.15) is 38.2 Å². The maximum absolute atomic E-state index is 13.6. The molecule has 0 spiro atoms. The van der Waals surface area contributed by atoms with Crippen molar-refractivity contribution in [1.82, 2.24) is 10.2 Å². The molecule has 0 aliphatic heterocycles. The van der Waals surface area contributed by atoms with E-state index >= 15 is 0 Å². The Morgan fingerprint density at radius 1 is 1.11 bits per heavy atom. The van der Waals surface area contributed by atoms with Crippen molar-refractivity contribution < 1.29 is 18.0 Å². The molecular weight excluding hydrogens is 577 g/mol. The van der Waals surface area contributed by atoms with Crippen LogP contribution < -0.4 is 9.62 Å². The fourth-order valence-corrected chi connectivity index (χ4v) is 5.82. The van der Waals surface area contributed by atoms with Crippen molar-refractivity contribution in [3.05, 3.63) is 62.5 Å². The van der Waals surface area contributed by atoms with E-state index in [-0.39, 0.29) is 18.5 Å². The van der Waals surface area contributed by atoms with Gasteiger partial charge < -0.3 is 10.2 Å². The minimum atomic E-state index is -3.80. The number of amides is 2. The fourth-order valence-electron chi connectivity index (χ4n) is 4.07. The lowest BCUT2D eigenvalue weighted by molar-refractivity contribution is -0.139. The highest BCUT2D eigenvalue weighted by atomic mass is 79.9. The molecule has 190 valence electrons. The van der Waals surface area contributed by atoms with Gasteiger partial charge in [0.2, 0.25) is 21.8 Å². The molecule has 3 rings (SSSR count). The van der Waals surface area contributed by atoms with Crippen LogP contribution in [-0.4, -0.2) is 50.0 Å². The molecule has 0 aromatic heterocycles. The van der Waals surface area contributed by atoms with E-state index in [0.717, 1.165) is 36.2 Å². The number of benzene rings is 2. The first kappa shape index (κ1) is 27.8. The van der Waals surface area contributed by atoms with Crippen LogP contribution in [0.2, 0.25) is 10.0 Å². The van der Waals surface area contributed by atoms with Gasteiger partial charge >= 0.3 is 0 Å². The van der Waals surface area contributed by atoms with E-state index in [4.69, 9.17) is 23.2 Å². The average Bonchev–Trinajstić information content (AvgIpc) is 3.29. The summed E-state index contributed by atoms with van der Waals surface area (Å²) in [5.41, 5.74) is 0.812. The Kier molecular flexibility index (Phi) is 9.48. The summed E-state index contributed by atoms with van der Waals surface area (Å²) in [5, 5.41) is 3.72. The highest BCUT2D eigenvalue weighted by molar-refractivity contribution is 9.10. The fraction of sp³-hybridized carbons (Fsp3) is 0.417. The first-order valence-corrected chi connectivity index (χ1v) is 14.6. The summed E-state index contributed by atoms with van der Waals surface area (Å²) in [6.45, 7) is 1.09. The zero-order chi connectivity index (χ0) is 25.8. The molecule has 1 N–H and O–H groups in total. The molecule has 0 radical (unpaired) electrons. The van der Waals surface area contributed by atoms with E-state index in [1.165, 1.54) is 4.90 Å². The largest absolute Gasteiger partial charge is 0.352 e. The molecule has 2 aromatic carbocycles. The predicted octanol–water partition coefficient (Wildman–Crippen LogP) is 5.00. The predicted molar refractivity (Wildman–Crippen MR) is 143 cm³/mol. The van der Waals surface area contributed by atoms with E-state index in [0.29, 0.717) is 25.8 Å². The molecule has 1 fully saturated rings. The Morgan fingerprint density at radius 3 is 2.29 bits per heavy atom. The van der Waals surface area contributed by atoms with E-state index in [2.05, 4.69) is 21.2 Å². The first-order chi connectivity index (χ1) is 16.5. The van der Waals surface area contributed by atoms with Gasteiger partial charge in [0.1, 0.15) is 12.6 Å². The number of carbonyl (C=O) groups is 2. The number of hydrogen-bond donors (Lipinski definition) is 1. The monoisotopic (exact) mass is 603 g/mol. The van der Waals surface area contributed by atoms with Gasteiger partial charge in [-0.1, -0.05) is 64.1 Å². The van der Waals surface area contributed by atoms with Gasteiger partial charge in [-0.2, -0.15) is 0 Å². The maximum Gasteiger partial charge on any atom is 0.244 e. The van der Waals surface area contributed by atoms with Gasteiger partial charge in [0.15, 0.2) is 0 Å². The standard InChI is InChI=1S/C24H28BrCl2N3O4S/c1-16(24(32)28-18-8-3-4-9-18)29(14-20-21(26)11-6-12-22(20)27)23(31)15-30(35(2,33)34)19-10-5-7-17(25)13-19/h5-7,10-13,16,18H,3-4,8-9,14-15H2,1-2H3,(H,28,32). The zero-order valence-corrected chi connectivity index (χ0v) is 23.4. The Labute approximate surface area is 224 Å². The summed E-state index contributed by atoms with van der Waals surface area (Å²) < 4.78 is 26.9. The number of anilines is 1. The van der Waals surface area contributed by atoms with Crippen LogP contribution in [0.15, 0.2) is 46.9 Å². The highest BCUT2D eigenvalue weighted by Crippen LogP contribution is 2.28. The van der Waals surface area contributed by atoms with Crippen molar-refractivity contribution in [2.45, 2.75) is 51.2 Å². The SMILES string of the molecule is CC(C(=O)NC1CCCC1)N(Cc1c(Cl)cccc1Cl)C(=O)CN(c1cccc(Br)c1)S(C)(=O)=O. The number of halogens is 3. The molecular formula is C24H28BrCl2N3O4S. The molecule has 1 unspecified atom stereocenters. The summed E-state index contributed by atoms with van der Waals surface area (Å²) >= 11 is 16.1. The van der Waals surface area contributed by atoms with E-state index in [9.17, 15) is 18.0 Å². The molecule has 0 bridgehead atoms. The van der Waals surface area contributed by atoms with Gasteiger partial charge in [0.05, 0.1) is 11.9 Å². The minimum Gasteiger partial charge on any atom is -0.352 e. The number of rotatable bonds is 9. The third kappa shape index (κ3) is 7.35. The van der Waals surface area contributed by atoms with E-state index in [1.54, 1.807) is 49.4 Å². The third-order valence-electron chi connectivity index (χ3n) is 6.03. The number of nitrogens with zero attached hydrogens (tertiary/aromatic N) is 2. The van der Waals surface area contributed by atoms with Crippen molar-refractivity contribution >= 4 is 66.7 Å². The normalized spacial score (nSPS) is 15.0. The third-order valence-corrected chi connectivity index (χ3v) is 8.38. The first-order valence-electron chi connectivity index (χ1n) is 11.2. The van der Waals surface area contributed by atoms with Gasteiger partial charge in [0, 0.05) is 32.7 Å². The maximum atomic E-state index is 13.6. The lowest BCUT2D eigenvalue weighted by Gasteiger charge is -2.32. The second kappa shape index (κ2) is 12.0. The van der Waals surface area contributed by atoms with E-state index < -0.39 is 28.5 Å². The van der Waals surface area contributed by atoms with Crippen LogP contribution in [0, 0.1) is 0 Å². The van der Waals surface area contributed by atoms with Crippen LogP contribution in [0.5, 0.6) is 0 Å². The lowest BCUT2D eigenvalue weighted by atomic mass is 10.1. The molecule has 11 heteroatoms. The molecule has 2 amide bonds. The zero-order valence-electron chi connectivity index (χ0n) is 19.5. The second-order valence-corrected chi connectivity index (χ2v) is 12.3. The Bertz CT molecular complexity index is 1170. The van der Waals surface area contributed by atoms with Crippen LogP contribution in [0.3, 0.4) is 0 Å². The molecule has 0 heterocycles. The summed E-state index contributed by atoms with van der Waals surface area (Å²) in [5.74, 6) is -0.859. The topological polar surface area (TPSA) is 86.8 Å². The van der Waals surface area contributed by atoms with Gasteiger partial charge in [-0.25, -0.2) is 8.42 Å². The highest BCUT2D eigenvalue weighted by Gasteiger charge is 2.32. The number of sulfonamides is 1. The number of hydrogen-bond acceptors (Lipinski definition) is 4. The molecule has 1 aliphatic carbocycles. The summed E-state index contributed by atoms with van der Waals surface area (Å²) in [7, 11) is -3.80. The summed E-state index contributed by atoms with van der Waals surface area (Å²) in [6.07, 6.45) is 4.92. The van der Waals surface area contributed by atoms with Crippen LogP contribution >= 0.6 is 39.1 Å². The second-order valence-electron chi connectivity index (χ2n) is 8.64. The molecule has 1 aliphatic rings. The number of carbonyl (C=O) groups excluding carboxylic acids is 2. The molecule has 0 saturated heterocycles. The van der Waals surface area contributed by atoms with Gasteiger partial charge in [-0.3, -0.25) is 13.9 Å². The molecule has 1 atom stereocenters. The molecule has 7 nitrogen and oxygen atoms in total. The van der Waals surface area contributed by atoms with Crippen molar-refractivity contribution in [2.75, 3.05) is 17.1 Å². The van der Waals surface area contributed by atoms with Crippen LogP contribution in [0.25, 0.3) is 0 Å². The van der Waals surface area contributed by atoms with Crippen LogP contribution in [0.4, 0.5) is 5.69 Å². The van der Waals surface area contributed by atoms with Gasteiger partial charge in [-0.05, 0) is 50.1 Å². The Hall–Kier alpha value is -1.81. The Morgan fingerprint density at radius 2 is 1.71 bits per heavy atom. The molecule has 2 aromatic rings. The lowest BCUT2D eigenvalue weighted by Crippen LogP contribution is -2.52. The smallest absolute Gasteiger partial charge is 0.244 e. The van der Waals surface area contributed by atoms with Crippen molar-refractivity contribution in [2.24, 2.45) is 0 Å². The van der Waals surface area contributed by atoms with Crippen molar-refractivity contribution in [1.29, 1.82) is 0 Å². The number of nitrogens with one attached hydrogen (secondary N) is 1. The Balaban J connectivity index is 1.92. The van der Waals surface area contributed by atoms with Crippen LogP contribution in [-0.2, 0) is 26.2 Å².